The van der Waals surface area contributed by atoms with E-state index < -0.39 is 6.11 Å². The van der Waals surface area contributed by atoms with Crippen LogP contribution in [0, 0.1) is 11.7 Å². The largest absolute Gasteiger partial charge is 0.383 e. The van der Waals surface area contributed by atoms with Gasteiger partial charge in [0.2, 0.25) is 0 Å². The summed E-state index contributed by atoms with van der Waals surface area (Å²) in [4.78, 5) is 0. The molecule has 2 aromatic rings. The molecule has 0 aliphatic heterocycles. The van der Waals surface area contributed by atoms with E-state index in [0.29, 0.717) is 23.5 Å². The lowest BCUT2D eigenvalue weighted by molar-refractivity contribution is -0.248. The summed E-state index contributed by atoms with van der Waals surface area (Å²) in [6, 6.07) is 11.7. The van der Waals surface area contributed by atoms with Crippen molar-refractivity contribution < 1.29 is 17.9 Å². The number of benzene rings is 2. The molecule has 0 spiro atoms. The maximum atomic E-state index is 14.6. The smallest absolute Gasteiger partial charge is 0.316 e. The predicted octanol–water partition coefficient (Wildman–Crippen LogP) is 8.94. The second-order valence-corrected chi connectivity index (χ2v) is 9.63. The van der Waals surface area contributed by atoms with Gasteiger partial charge in [-0.05, 0) is 79.5 Å². The van der Waals surface area contributed by atoms with Gasteiger partial charge in [0.15, 0.2) is 0 Å². The summed E-state index contributed by atoms with van der Waals surface area (Å²) in [6.45, 7) is 4.18. The molecule has 182 valence electrons. The average molecular weight is 461 g/mol. The van der Waals surface area contributed by atoms with E-state index in [4.69, 9.17) is 4.74 Å². The first-order chi connectivity index (χ1) is 15.9. The lowest BCUT2D eigenvalue weighted by Crippen LogP contribution is -2.20. The highest BCUT2D eigenvalue weighted by Gasteiger charge is 2.33. The molecular weight excluding hydrogens is 421 g/mol. The Balaban J connectivity index is 1.49. The number of aryl methyl sites for hydroxylation is 1. The first-order valence-electron chi connectivity index (χ1n) is 12.8. The Morgan fingerprint density at radius 3 is 2.24 bits per heavy atom. The van der Waals surface area contributed by atoms with Gasteiger partial charge in [-0.1, -0.05) is 75.9 Å². The second kappa shape index (κ2) is 12.6. The van der Waals surface area contributed by atoms with Gasteiger partial charge < -0.3 is 4.74 Å². The van der Waals surface area contributed by atoms with Gasteiger partial charge in [-0.25, -0.2) is 4.39 Å². The highest BCUT2D eigenvalue weighted by atomic mass is 19.3. The van der Waals surface area contributed by atoms with E-state index in [0.717, 1.165) is 43.6 Å². The Bertz CT molecular complexity index is 838. The Hall–Kier alpha value is -1.81. The summed E-state index contributed by atoms with van der Waals surface area (Å²) in [7, 11) is 0. The van der Waals surface area contributed by atoms with Crippen molar-refractivity contribution in [3.63, 3.8) is 0 Å². The van der Waals surface area contributed by atoms with Crippen LogP contribution in [0.3, 0.4) is 0 Å². The maximum absolute atomic E-state index is 14.6. The van der Waals surface area contributed by atoms with Crippen molar-refractivity contribution in [2.45, 2.75) is 96.5 Å². The standard InChI is InChI=1S/C29H39F3O/c1-3-5-6-8-26-14-11-23(21-28(26)30)19-20-33-29(31,32)27-17-15-25(16-18-27)24-12-9-22(7-4-2)10-13-24/h11,14-18,21-22,24H,3-10,12-13,19-20H2,1-2H3/t22-,24-. The molecule has 1 aliphatic carbocycles. The summed E-state index contributed by atoms with van der Waals surface area (Å²) >= 11 is 0. The summed E-state index contributed by atoms with van der Waals surface area (Å²) in [5.74, 6) is 1.05. The molecule has 0 radical (unpaired) electrons. The van der Waals surface area contributed by atoms with Crippen LogP contribution in [-0.4, -0.2) is 6.61 Å². The lowest BCUT2D eigenvalue weighted by Gasteiger charge is -2.29. The van der Waals surface area contributed by atoms with Crippen LogP contribution in [0.1, 0.15) is 99.8 Å². The highest BCUT2D eigenvalue weighted by Crippen LogP contribution is 2.38. The van der Waals surface area contributed by atoms with Gasteiger partial charge in [0.25, 0.3) is 0 Å². The molecule has 1 saturated carbocycles. The molecule has 0 bridgehead atoms. The fourth-order valence-corrected chi connectivity index (χ4v) is 5.04. The number of hydrogen-bond donors (Lipinski definition) is 0. The number of rotatable bonds is 12. The minimum atomic E-state index is -3.35. The predicted molar refractivity (Wildman–Crippen MR) is 129 cm³/mol. The second-order valence-electron chi connectivity index (χ2n) is 9.63. The normalized spacial score (nSPS) is 19.1. The maximum Gasteiger partial charge on any atom is 0.383 e. The van der Waals surface area contributed by atoms with Crippen LogP contribution >= 0.6 is 0 Å². The van der Waals surface area contributed by atoms with Gasteiger partial charge in [0, 0.05) is 0 Å². The third-order valence-corrected chi connectivity index (χ3v) is 7.10. The van der Waals surface area contributed by atoms with E-state index in [-0.39, 0.29) is 24.4 Å². The van der Waals surface area contributed by atoms with Crippen molar-refractivity contribution in [2.75, 3.05) is 6.61 Å². The van der Waals surface area contributed by atoms with Gasteiger partial charge in [-0.3, -0.25) is 0 Å². The molecule has 1 fully saturated rings. The molecule has 0 N–H and O–H groups in total. The topological polar surface area (TPSA) is 9.23 Å². The zero-order chi connectivity index (χ0) is 23.7. The van der Waals surface area contributed by atoms with Gasteiger partial charge in [0.05, 0.1) is 12.2 Å². The molecule has 1 nitrogen and oxygen atoms in total. The number of unbranched alkanes of at least 4 members (excludes halogenated alkanes) is 2. The Kier molecular flexibility index (Phi) is 9.85. The van der Waals surface area contributed by atoms with Crippen molar-refractivity contribution in [2.24, 2.45) is 5.92 Å². The zero-order valence-corrected chi connectivity index (χ0v) is 20.2. The molecule has 1 aliphatic rings. The molecule has 0 unspecified atom stereocenters. The van der Waals surface area contributed by atoms with Crippen LogP contribution in [0.25, 0.3) is 0 Å². The number of ether oxygens (including phenoxy) is 1. The van der Waals surface area contributed by atoms with E-state index in [1.54, 1.807) is 6.07 Å². The van der Waals surface area contributed by atoms with E-state index >= 15 is 0 Å². The molecule has 0 atom stereocenters. The van der Waals surface area contributed by atoms with E-state index in [1.165, 1.54) is 43.9 Å². The monoisotopic (exact) mass is 460 g/mol. The van der Waals surface area contributed by atoms with Crippen LogP contribution < -0.4 is 0 Å². The molecule has 2 aromatic carbocycles. The van der Waals surface area contributed by atoms with Crippen molar-refractivity contribution in [3.05, 3.63) is 70.5 Å². The number of alkyl halides is 2. The Morgan fingerprint density at radius 1 is 0.879 bits per heavy atom. The Labute approximate surface area is 197 Å². The summed E-state index contributed by atoms with van der Waals surface area (Å²) in [5.41, 5.74) is 2.40. The molecule has 0 saturated heterocycles. The zero-order valence-electron chi connectivity index (χ0n) is 20.2. The third-order valence-electron chi connectivity index (χ3n) is 7.10. The highest BCUT2D eigenvalue weighted by molar-refractivity contribution is 5.28. The summed E-state index contributed by atoms with van der Waals surface area (Å²) < 4.78 is 48.4. The Morgan fingerprint density at radius 2 is 1.61 bits per heavy atom. The molecule has 0 aromatic heterocycles. The van der Waals surface area contributed by atoms with E-state index in [2.05, 4.69) is 13.8 Å². The first-order valence-corrected chi connectivity index (χ1v) is 12.8. The van der Waals surface area contributed by atoms with Crippen LogP contribution in [0.4, 0.5) is 13.2 Å². The van der Waals surface area contributed by atoms with Crippen LogP contribution in [0.15, 0.2) is 42.5 Å². The average Bonchev–Trinajstić information content (AvgIpc) is 2.81. The van der Waals surface area contributed by atoms with E-state index in [9.17, 15) is 13.2 Å². The quantitative estimate of drug-likeness (QED) is 0.287. The molecule has 4 heteroatoms. The van der Waals surface area contributed by atoms with Crippen LogP contribution in [0.5, 0.6) is 0 Å². The van der Waals surface area contributed by atoms with Crippen molar-refractivity contribution in [1.29, 1.82) is 0 Å². The van der Waals surface area contributed by atoms with Gasteiger partial charge in [0.1, 0.15) is 5.82 Å². The fourth-order valence-electron chi connectivity index (χ4n) is 5.04. The van der Waals surface area contributed by atoms with Gasteiger partial charge >= 0.3 is 6.11 Å². The van der Waals surface area contributed by atoms with Crippen molar-refractivity contribution in [1.82, 2.24) is 0 Å². The van der Waals surface area contributed by atoms with E-state index in [1.807, 2.05) is 18.2 Å². The number of halogens is 3. The molecule has 3 rings (SSSR count). The first kappa shape index (κ1) is 25.8. The molecule has 0 amide bonds. The molecule has 33 heavy (non-hydrogen) atoms. The third kappa shape index (κ3) is 7.60. The fraction of sp³-hybridized carbons (Fsp3) is 0.586. The molecule has 0 heterocycles. The van der Waals surface area contributed by atoms with Crippen molar-refractivity contribution >= 4 is 0 Å². The molecular formula is C29H39F3O. The minimum Gasteiger partial charge on any atom is -0.316 e. The van der Waals surface area contributed by atoms with Gasteiger partial charge in [-0.15, -0.1) is 0 Å². The van der Waals surface area contributed by atoms with Crippen LogP contribution in [-0.2, 0) is 23.7 Å². The van der Waals surface area contributed by atoms with Crippen molar-refractivity contribution in [3.8, 4) is 0 Å². The van der Waals surface area contributed by atoms with Gasteiger partial charge in [-0.2, -0.15) is 8.78 Å². The summed E-state index contributed by atoms with van der Waals surface area (Å²) in [6.07, 6.45) is 8.03. The SMILES string of the molecule is CCCCCc1ccc(CCOC(F)(F)c2ccc([C@H]3CC[C@H](CCC)CC3)cc2)cc1F. The lowest BCUT2D eigenvalue weighted by atomic mass is 9.77. The van der Waals surface area contributed by atoms with Crippen LogP contribution in [0.2, 0.25) is 0 Å². The summed E-state index contributed by atoms with van der Waals surface area (Å²) in [5, 5.41) is 0. The minimum absolute atomic E-state index is 0.122. The number of hydrogen-bond acceptors (Lipinski definition) is 1.